The van der Waals surface area contributed by atoms with E-state index in [1.54, 1.807) is 12.1 Å². The summed E-state index contributed by atoms with van der Waals surface area (Å²) in [6, 6.07) is 8.83. The lowest BCUT2D eigenvalue weighted by atomic mass is 10.0. The molecule has 2 N–H and O–H groups in total. The van der Waals surface area contributed by atoms with Crippen molar-refractivity contribution in [1.82, 2.24) is 20.1 Å². The third kappa shape index (κ3) is 6.00. The van der Waals surface area contributed by atoms with E-state index < -0.39 is 0 Å². The fourth-order valence-electron chi connectivity index (χ4n) is 3.52. The quantitative estimate of drug-likeness (QED) is 0.720. The van der Waals surface area contributed by atoms with E-state index in [2.05, 4.69) is 22.6 Å². The molecule has 0 aliphatic carbocycles. The number of hydrogen-bond acceptors (Lipinski definition) is 4. The molecule has 1 fully saturated rings. The summed E-state index contributed by atoms with van der Waals surface area (Å²) < 4.78 is 14.2. The zero-order valence-electron chi connectivity index (χ0n) is 17.1. The third-order valence-corrected chi connectivity index (χ3v) is 5.38. The molecule has 0 radical (unpaired) electrons. The minimum Gasteiger partial charge on any atom is -0.353 e. The molecule has 2 aromatic rings. The second kappa shape index (κ2) is 10.2. The van der Waals surface area contributed by atoms with Gasteiger partial charge in [0.05, 0.1) is 5.56 Å². The topological polar surface area (TPSA) is 83.4 Å². The standard InChI is InChI=1S/C22H27FN4O3/c1-26-11-3-2-4-19(26)13-24-20(28)15-27-14-17(7-10-21(27)29)22(30)25-12-16-5-8-18(23)9-6-16/h5-10,14,19H,2-4,11-13,15H2,1H3,(H,24,28)(H,25,30). The highest BCUT2D eigenvalue weighted by Gasteiger charge is 2.19. The summed E-state index contributed by atoms with van der Waals surface area (Å²) in [5.41, 5.74) is 0.677. The Morgan fingerprint density at radius 2 is 1.87 bits per heavy atom. The minimum absolute atomic E-state index is 0.144. The summed E-state index contributed by atoms with van der Waals surface area (Å²) in [5.74, 6) is -0.984. The molecular formula is C22H27FN4O3. The van der Waals surface area contributed by atoms with Gasteiger partial charge in [-0.15, -0.1) is 0 Å². The molecule has 8 heteroatoms. The average Bonchev–Trinajstić information content (AvgIpc) is 2.74. The van der Waals surface area contributed by atoms with E-state index in [9.17, 15) is 18.8 Å². The van der Waals surface area contributed by atoms with Crippen LogP contribution in [0.2, 0.25) is 0 Å². The molecule has 1 aromatic heterocycles. The van der Waals surface area contributed by atoms with E-state index in [4.69, 9.17) is 0 Å². The van der Waals surface area contributed by atoms with Crippen LogP contribution >= 0.6 is 0 Å². The van der Waals surface area contributed by atoms with Crippen LogP contribution in [0.5, 0.6) is 0 Å². The van der Waals surface area contributed by atoms with Crippen LogP contribution in [0.1, 0.15) is 35.2 Å². The van der Waals surface area contributed by atoms with Crippen LogP contribution < -0.4 is 16.2 Å². The number of nitrogens with one attached hydrogen (secondary N) is 2. The maximum atomic E-state index is 13.0. The summed E-state index contributed by atoms with van der Waals surface area (Å²) in [7, 11) is 2.05. The summed E-state index contributed by atoms with van der Waals surface area (Å²) in [4.78, 5) is 39.1. The van der Waals surface area contributed by atoms with Gasteiger partial charge in [0.2, 0.25) is 5.91 Å². The average molecular weight is 414 g/mol. The largest absolute Gasteiger partial charge is 0.353 e. The van der Waals surface area contributed by atoms with Gasteiger partial charge in [0.1, 0.15) is 12.4 Å². The third-order valence-electron chi connectivity index (χ3n) is 5.38. The molecule has 1 aliphatic heterocycles. The van der Waals surface area contributed by atoms with Crippen molar-refractivity contribution in [2.24, 2.45) is 0 Å². The number of amides is 2. The lowest BCUT2D eigenvalue weighted by Crippen LogP contribution is -2.45. The lowest BCUT2D eigenvalue weighted by molar-refractivity contribution is -0.122. The maximum Gasteiger partial charge on any atom is 0.253 e. The second-order valence-electron chi connectivity index (χ2n) is 7.63. The van der Waals surface area contributed by atoms with Gasteiger partial charge in [0.15, 0.2) is 0 Å². The SMILES string of the molecule is CN1CCCCC1CNC(=O)Cn1cc(C(=O)NCc2ccc(F)cc2)ccc1=O. The fraction of sp³-hybridized carbons (Fsp3) is 0.409. The van der Waals surface area contributed by atoms with Gasteiger partial charge in [0.25, 0.3) is 11.5 Å². The molecular weight excluding hydrogens is 387 g/mol. The number of likely N-dealkylation sites (tertiary alicyclic amines) is 1. The molecule has 0 spiro atoms. The van der Waals surface area contributed by atoms with Gasteiger partial charge in [-0.2, -0.15) is 0 Å². The van der Waals surface area contributed by atoms with Crippen LogP contribution in [0.25, 0.3) is 0 Å². The molecule has 2 heterocycles. The van der Waals surface area contributed by atoms with Crippen molar-refractivity contribution < 1.29 is 14.0 Å². The van der Waals surface area contributed by atoms with Crippen molar-refractivity contribution in [2.45, 2.75) is 38.4 Å². The van der Waals surface area contributed by atoms with Crippen LogP contribution in [0, 0.1) is 5.82 Å². The van der Waals surface area contributed by atoms with Gasteiger partial charge < -0.3 is 20.1 Å². The highest BCUT2D eigenvalue weighted by molar-refractivity contribution is 5.93. The smallest absolute Gasteiger partial charge is 0.253 e. The first-order valence-corrected chi connectivity index (χ1v) is 10.1. The summed E-state index contributed by atoms with van der Waals surface area (Å²) >= 11 is 0. The van der Waals surface area contributed by atoms with Crippen molar-refractivity contribution in [3.8, 4) is 0 Å². The van der Waals surface area contributed by atoms with E-state index >= 15 is 0 Å². The molecule has 2 amide bonds. The van der Waals surface area contributed by atoms with Gasteiger partial charge in [-0.3, -0.25) is 14.4 Å². The monoisotopic (exact) mass is 414 g/mol. The van der Waals surface area contributed by atoms with Gasteiger partial charge in [0, 0.05) is 31.4 Å². The van der Waals surface area contributed by atoms with Crippen molar-refractivity contribution in [2.75, 3.05) is 20.1 Å². The Kier molecular flexibility index (Phi) is 7.35. The van der Waals surface area contributed by atoms with Gasteiger partial charge >= 0.3 is 0 Å². The van der Waals surface area contributed by atoms with E-state index in [-0.39, 0.29) is 41.8 Å². The number of piperidine rings is 1. The minimum atomic E-state index is -0.377. The van der Waals surface area contributed by atoms with Gasteiger partial charge in [-0.05, 0) is 50.2 Å². The molecule has 0 bridgehead atoms. The van der Waals surface area contributed by atoms with Crippen molar-refractivity contribution in [3.63, 3.8) is 0 Å². The number of hydrogen-bond donors (Lipinski definition) is 2. The Labute approximate surface area is 174 Å². The number of halogens is 1. The molecule has 160 valence electrons. The fourth-order valence-corrected chi connectivity index (χ4v) is 3.52. The lowest BCUT2D eigenvalue weighted by Gasteiger charge is -2.32. The molecule has 1 unspecified atom stereocenters. The number of carbonyl (C=O) groups excluding carboxylic acids is 2. The zero-order valence-corrected chi connectivity index (χ0v) is 17.1. The normalized spacial score (nSPS) is 16.8. The Bertz CT molecular complexity index is 942. The molecule has 1 atom stereocenters. The number of nitrogens with zero attached hydrogens (tertiary/aromatic N) is 2. The predicted molar refractivity (Wildman–Crippen MR) is 112 cm³/mol. The van der Waals surface area contributed by atoms with Crippen molar-refractivity contribution >= 4 is 11.8 Å². The Hall–Kier alpha value is -3.00. The van der Waals surface area contributed by atoms with E-state index in [1.807, 2.05) is 0 Å². The maximum absolute atomic E-state index is 13.0. The summed E-state index contributed by atoms with van der Waals surface area (Å²) in [6.07, 6.45) is 4.75. The number of benzene rings is 1. The molecule has 1 saturated heterocycles. The first kappa shape index (κ1) is 21.7. The second-order valence-corrected chi connectivity index (χ2v) is 7.63. The van der Waals surface area contributed by atoms with Gasteiger partial charge in [-0.1, -0.05) is 18.6 Å². The number of carbonyl (C=O) groups is 2. The van der Waals surface area contributed by atoms with Crippen molar-refractivity contribution in [3.05, 3.63) is 69.9 Å². The van der Waals surface area contributed by atoms with Gasteiger partial charge in [-0.25, -0.2) is 4.39 Å². The predicted octanol–water partition coefficient (Wildman–Crippen LogP) is 1.52. The Morgan fingerprint density at radius 3 is 2.60 bits per heavy atom. The Morgan fingerprint density at radius 1 is 1.10 bits per heavy atom. The number of pyridine rings is 1. The zero-order chi connectivity index (χ0) is 21.5. The van der Waals surface area contributed by atoms with Crippen LogP contribution in [-0.2, 0) is 17.9 Å². The molecule has 1 aliphatic rings. The van der Waals surface area contributed by atoms with Crippen LogP contribution in [0.3, 0.4) is 0 Å². The van der Waals surface area contributed by atoms with E-state index in [0.29, 0.717) is 12.6 Å². The molecule has 3 rings (SSSR count). The summed E-state index contributed by atoms with van der Waals surface area (Å²) in [5, 5.41) is 5.61. The van der Waals surface area contributed by atoms with Crippen molar-refractivity contribution in [1.29, 1.82) is 0 Å². The number of likely N-dealkylation sites (N-methyl/N-ethyl adjacent to an activating group) is 1. The first-order valence-electron chi connectivity index (χ1n) is 10.1. The first-order chi connectivity index (χ1) is 14.4. The van der Waals surface area contributed by atoms with E-state index in [1.165, 1.54) is 41.5 Å². The molecule has 1 aromatic carbocycles. The molecule has 7 nitrogen and oxygen atoms in total. The number of aromatic nitrogens is 1. The molecule has 0 saturated carbocycles. The Balaban J connectivity index is 1.55. The van der Waals surface area contributed by atoms with Crippen LogP contribution in [-0.4, -0.2) is 47.5 Å². The number of rotatable bonds is 7. The highest BCUT2D eigenvalue weighted by Crippen LogP contribution is 2.13. The van der Waals surface area contributed by atoms with E-state index in [0.717, 1.165) is 24.9 Å². The molecule has 30 heavy (non-hydrogen) atoms. The highest BCUT2D eigenvalue weighted by atomic mass is 19.1. The van der Waals surface area contributed by atoms with Crippen LogP contribution in [0.4, 0.5) is 4.39 Å². The summed E-state index contributed by atoms with van der Waals surface area (Å²) in [6.45, 7) is 1.65. The van der Waals surface area contributed by atoms with Crippen LogP contribution in [0.15, 0.2) is 47.4 Å².